The number of aryl methyl sites for hydroxylation is 2. The molecule has 0 radical (unpaired) electrons. The molecule has 2 heterocycles. The van der Waals surface area contributed by atoms with E-state index in [0.29, 0.717) is 35.3 Å². The number of carbonyl (C=O) groups excluding carboxylic acids is 2. The van der Waals surface area contributed by atoms with Crippen molar-refractivity contribution in [1.29, 1.82) is 0 Å². The summed E-state index contributed by atoms with van der Waals surface area (Å²) < 4.78 is 52.4. The summed E-state index contributed by atoms with van der Waals surface area (Å²) >= 11 is 2.57. The van der Waals surface area contributed by atoms with Gasteiger partial charge in [0.05, 0.1) is 30.2 Å². The number of hydrogen-bond acceptors (Lipinski definition) is 8. The highest BCUT2D eigenvalue weighted by Crippen LogP contribution is 2.22. The van der Waals surface area contributed by atoms with Gasteiger partial charge in [-0.25, -0.2) is 16.8 Å². The van der Waals surface area contributed by atoms with Crippen LogP contribution in [0.4, 0.5) is 0 Å². The minimum Gasteiger partial charge on any atom is -0.319 e. The Morgan fingerprint density at radius 2 is 1.02 bits per heavy atom. The molecule has 2 aromatic carbocycles. The summed E-state index contributed by atoms with van der Waals surface area (Å²) in [6.45, 7) is 0. The summed E-state index contributed by atoms with van der Waals surface area (Å²) in [4.78, 5) is 34.8. The lowest BCUT2D eigenvalue weighted by Gasteiger charge is -2.00. The molecule has 0 fully saturated rings. The summed E-state index contributed by atoms with van der Waals surface area (Å²) in [5.41, 5.74) is 1.63. The lowest BCUT2D eigenvalue weighted by Crippen LogP contribution is -2.13. The van der Waals surface area contributed by atoms with Crippen molar-refractivity contribution in [1.82, 2.24) is 9.13 Å². The lowest BCUT2D eigenvalue weighted by molar-refractivity contribution is -0.118. The predicted molar refractivity (Wildman–Crippen MR) is 161 cm³/mol. The number of rotatable bonds is 10. The third-order valence-electron chi connectivity index (χ3n) is 6.64. The maximum Gasteiger partial charge on any atom is 0.248 e. The van der Waals surface area contributed by atoms with E-state index in [1.165, 1.54) is 22.7 Å². The highest BCUT2D eigenvalue weighted by atomic mass is 32.2. The highest BCUT2D eigenvalue weighted by molar-refractivity contribution is 7.91. The molecule has 0 bridgehead atoms. The van der Waals surface area contributed by atoms with Gasteiger partial charge < -0.3 is 9.13 Å². The molecule has 14 heteroatoms. The molecule has 0 aliphatic heterocycles. The van der Waals surface area contributed by atoms with E-state index in [2.05, 4.69) is 9.98 Å². The van der Waals surface area contributed by atoms with Crippen molar-refractivity contribution in [3.05, 3.63) is 46.0 Å². The SMILES string of the molecule is Cn1c(=NC(=O)CCCCCCCC(=O)N=c2sc3cc(S(C)(=O)=O)ccc3n2C)sc2cc(S(C)(=O)=O)ccc21. The quantitative estimate of drug-likeness (QED) is 0.242. The van der Waals surface area contributed by atoms with Gasteiger partial charge in [0.15, 0.2) is 29.3 Å². The van der Waals surface area contributed by atoms with E-state index in [1.54, 1.807) is 59.6 Å². The van der Waals surface area contributed by atoms with Crippen LogP contribution in [0.2, 0.25) is 0 Å². The minimum atomic E-state index is -3.32. The Balaban J connectivity index is 1.24. The molecular weight excluding hydrogens is 605 g/mol. The van der Waals surface area contributed by atoms with Gasteiger partial charge in [0.25, 0.3) is 0 Å². The number of benzene rings is 2. The normalized spacial score (nSPS) is 13.5. The van der Waals surface area contributed by atoms with Crippen molar-refractivity contribution in [2.24, 2.45) is 24.1 Å². The molecule has 10 nitrogen and oxygen atoms in total. The fourth-order valence-electron chi connectivity index (χ4n) is 4.31. The zero-order valence-corrected chi connectivity index (χ0v) is 26.6. The van der Waals surface area contributed by atoms with Crippen LogP contribution >= 0.6 is 22.7 Å². The standard InChI is InChI=1S/C27H32N4O6S4/c1-30-20-14-12-18(40(3,34)35)16-22(20)38-26(30)28-24(32)10-8-6-5-7-9-11-25(33)29-27-31(2)21-15-13-19(41(4,36)37)17-23(21)39-27/h12-17H,5-11H2,1-4H3. The molecule has 2 aromatic heterocycles. The molecule has 0 aliphatic carbocycles. The van der Waals surface area contributed by atoms with E-state index in [1.807, 2.05) is 0 Å². The molecule has 220 valence electrons. The van der Waals surface area contributed by atoms with E-state index in [0.717, 1.165) is 52.2 Å². The molecule has 0 N–H and O–H groups in total. The molecule has 4 rings (SSSR count). The van der Waals surface area contributed by atoms with Crippen LogP contribution in [0.15, 0.2) is 56.2 Å². The smallest absolute Gasteiger partial charge is 0.248 e. The third-order valence-corrected chi connectivity index (χ3v) is 11.0. The Kier molecular flexibility index (Phi) is 9.46. The summed E-state index contributed by atoms with van der Waals surface area (Å²) in [5, 5.41) is 0. The minimum absolute atomic E-state index is 0.218. The molecule has 0 saturated heterocycles. The predicted octanol–water partition coefficient (Wildman–Crippen LogP) is 3.89. The molecular formula is C27H32N4O6S4. The van der Waals surface area contributed by atoms with Gasteiger partial charge in [0.2, 0.25) is 11.8 Å². The lowest BCUT2D eigenvalue weighted by atomic mass is 10.1. The van der Waals surface area contributed by atoms with Gasteiger partial charge in [0, 0.05) is 39.4 Å². The molecule has 0 atom stereocenters. The number of fused-ring (bicyclic) bond motifs is 2. The summed E-state index contributed by atoms with van der Waals surface area (Å²) in [5.74, 6) is -0.436. The van der Waals surface area contributed by atoms with Crippen LogP contribution < -0.4 is 9.60 Å². The van der Waals surface area contributed by atoms with Crippen molar-refractivity contribution >= 4 is 74.6 Å². The summed E-state index contributed by atoms with van der Waals surface area (Å²) in [6.07, 6.45) is 6.93. The molecule has 2 amide bonds. The topological polar surface area (TPSA) is 137 Å². The van der Waals surface area contributed by atoms with Crippen LogP contribution in [0.3, 0.4) is 0 Å². The number of aromatic nitrogens is 2. The Bertz CT molecular complexity index is 1850. The number of unbranched alkanes of at least 4 members (excludes halogenated alkanes) is 4. The molecule has 0 aliphatic rings. The fourth-order valence-corrected chi connectivity index (χ4v) is 7.90. The average Bonchev–Trinajstić information content (AvgIpc) is 3.37. The van der Waals surface area contributed by atoms with Crippen LogP contribution in [0.25, 0.3) is 20.4 Å². The third kappa shape index (κ3) is 7.67. The Morgan fingerprint density at radius 1 is 0.659 bits per heavy atom. The van der Waals surface area contributed by atoms with Crippen molar-refractivity contribution < 1.29 is 26.4 Å². The second-order valence-corrected chi connectivity index (χ2v) is 16.0. The van der Waals surface area contributed by atoms with Crippen molar-refractivity contribution in [3.63, 3.8) is 0 Å². The first-order valence-electron chi connectivity index (χ1n) is 13.0. The van der Waals surface area contributed by atoms with Crippen LogP contribution in [-0.2, 0) is 43.4 Å². The molecule has 41 heavy (non-hydrogen) atoms. The summed E-state index contributed by atoms with van der Waals surface area (Å²) in [7, 11) is -3.03. The number of thiazole rings is 2. The van der Waals surface area contributed by atoms with Crippen molar-refractivity contribution in [2.45, 2.75) is 54.7 Å². The second-order valence-electron chi connectivity index (χ2n) is 9.97. The van der Waals surface area contributed by atoms with Gasteiger partial charge in [-0.15, -0.1) is 0 Å². The van der Waals surface area contributed by atoms with Crippen molar-refractivity contribution in [2.75, 3.05) is 12.5 Å². The van der Waals surface area contributed by atoms with Gasteiger partial charge in [-0.3, -0.25) is 9.59 Å². The second kappa shape index (κ2) is 12.5. The zero-order valence-electron chi connectivity index (χ0n) is 23.3. The van der Waals surface area contributed by atoms with Gasteiger partial charge in [-0.1, -0.05) is 41.9 Å². The average molecular weight is 637 g/mol. The zero-order chi connectivity index (χ0) is 29.9. The number of carbonyl (C=O) groups is 2. The number of hydrogen-bond donors (Lipinski definition) is 0. The van der Waals surface area contributed by atoms with Crippen molar-refractivity contribution in [3.8, 4) is 0 Å². The van der Waals surface area contributed by atoms with Crippen LogP contribution in [0, 0.1) is 0 Å². The fraction of sp³-hybridized carbons (Fsp3) is 0.407. The maximum atomic E-state index is 12.4. The van der Waals surface area contributed by atoms with E-state index < -0.39 is 19.7 Å². The van der Waals surface area contributed by atoms with E-state index in [4.69, 9.17) is 0 Å². The van der Waals surface area contributed by atoms with Crippen LogP contribution in [-0.4, -0.2) is 50.3 Å². The Morgan fingerprint density at radius 3 is 1.39 bits per heavy atom. The monoisotopic (exact) mass is 636 g/mol. The van der Waals surface area contributed by atoms with Gasteiger partial charge in [0.1, 0.15) is 0 Å². The largest absolute Gasteiger partial charge is 0.319 e. The first-order valence-corrected chi connectivity index (χ1v) is 18.4. The van der Waals surface area contributed by atoms with E-state index in [9.17, 15) is 26.4 Å². The van der Waals surface area contributed by atoms with Crippen LogP contribution in [0.5, 0.6) is 0 Å². The number of nitrogens with zero attached hydrogens (tertiary/aromatic N) is 4. The van der Waals surface area contributed by atoms with Gasteiger partial charge >= 0.3 is 0 Å². The molecule has 4 aromatic rings. The Hall–Kier alpha value is -2.94. The highest BCUT2D eigenvalue weighted by Gasteiger charge is 2.13. The van der Waals surface area contributed by atoms with E-state index in [-0.39, 0.29) is 21.6 Å². The van der Waals surface area contributed by atoms with Gasteiger partial charge in [-0.05, 0) is 49.2 Å². The first kappa shape index (κ1) is 31.0. The first-order chi connectivity index (χ1) is 19.2. The van der Waals surface area contributed by atoms with Crippen LogP contribution in [0.1, 0.15) is 44.9 Å². The maximum absolute atomic E-state index is 12.4. The molecule has 0 unspecified atom stereocenters. The number of amides is 2. The van der Waals surface area contributed by atoms with Gasteiger partial charge in [-0.2, -0.15) is 9.98 Å². The molecule has 0 spiro atoms. The Labute approximate surface area is 246 Å². The van der Waals surface area contributed by atoms with E-state index >= 15 is 0 Å². The number of sulfone groups is 2. The summed E-state index contributed by atoms with van der Waals surface area (Å²) in [6, 6.07) is 9.77. The molecule has 0 saturated carbocycles.